The van der Waals surface area contributed by atoms with Crippen molar-refractivity contribution in [3.8, 4) is 6.07 Å². The van der Waals surface area contributed by atoms with Gasteiger partial charge in [-0.15, -0.1) is 0 Å². The fourth-order valence-electron chi connectivity index (χ4n) is 2.20. The van der Waals surface area contributed by atoms with E-state index in [0.717, 1.165) is 23.2 Å². The van der Waals surface area contributed by atoms with E-state index in [9.17, 15) is 10.1 Å². The smallest absolute Gasteiger partial charge is 0.224 e. The number of rotatable bonds is 5. The summed E-state index contributed by atoms with van der Waals surface area (Å²) in [6.45, 7) is 1.97. The van der Waals surface area contributed by atoms with E-state index < -0.39 is 0 Å². The van der Waals surface area contributed by atoms with E-state index in [-0.39, 0.29) is 11.8 Å². The van der Waals surface area contributed by atoms with Gasteiger partial charge in [-0.25, -0.2) is 0 Å². The van der Waals surface area contributed by atoms with E-state index in [1.54, 1.807) is 0 Å². The monoisotopic (exact) mass is 278 g/mol. The number of amides is 1. The first-order valence-electron chi connectivity index (χ1n) is 7.09. The van der Waals surface area contributed by atoms with Crippen LogP contribution < -0.4 is 5.32 Å². The molecule has 2 aromatic rings. The molecule has 3 nitrogen and oxygen atoms in total. The zero-order valence-corrected chi connectivity index (χ0v) is 12.0. The second-order valence-corrected chi connectivity index (χ2v) is 4.89. The maximum atomic E-state index is 11.5. The summed E-state index contributed by atoms with van der Waals surface area (Å²) < 4.78 is 0. The molecule has 0 fully saturated rings. The number of anilines is 1. The number of benzene rings is 2. The molecule has 21 heavy (non-hydrogen) atoms. The standard InChI is InChI=1S/C18H18N2O/c1-2-6-18(21)20-16-11-9-15(10-12-16)17(13-19)14-7-4-3-5-8-14/h3-5,7-12,17H,2,6H2,1H3,(H,20,21)/t17-/m0/s1. The number of hydrogen-bond donors (Lipinski definition) is 1. The molecule has 106 valence electrons. The molecular formula is C18H18N2O. The largest absolute Gasteiger partial charge is 0.326 e. The zero-order valence-electron chi connectivity index (χ0n) is 12.0. The van der Waals surface area contributed by atoms with Crippen molar-refractivity contribution in [3.05, 3.63) is 65.7 Å². The predicted octanol–water partition coefficient (Wildman–Crippen LogP) is 4.08. The maximum Gasteiger partial charge on any atom is 0.224 e. The van der Waals surface area contributed by atoms with Crippen molar-refractivity contribution in [2.75, 3.05) is 5.32 Å². The van der Waals surface area contributed by atoms with E-state index in [1.165, 1.54) is 0 Å². The molecule has 0 saturated carbocycles. The zero-order chi connectivity index (χ0) is 15.1. The van der Waals surface area contributed by atoms with Crippen molar-refractivity contribution < 1.29 is 4.79 Å². The van der Waals surface area contributed by atoms with Gasteiger partial charge in [0.25, 0.3) is 0 Å². The Kier molecular flexibility index (Phi) is 5.11. The molecule has 0 radical (unpaired) electrons. The lowest BCUT2D eigenvalue weighted by Gasteiger charge is -2.11. The van der Waals surface area contributed by atoms with Crippen LogP contribution in [-0.2, 0) is 4.79 Å². The van der Waals surface area contributed by atoms with Gasteiger partial charge in [0.2, 0.25) is 5.91 Å². The molecule has 0 aromatic heterocycles. The first-order chi connectivity index (χ1) is 10.2. The topological polar surface area (TPSA) is 52.9 Å². The molecule has 2 rings (SSSR count). The first kappa shape index (κ1) is 14.8. The number of hydrogen-bond acceptors (Lipinski definition) is 2. The van der Waals surface area contributed by atoms with Gasteiger partial charge in [-0.3, -0.25) is 4.79 Å². The van der Waals surface area contributed by atoms with Gasteiger partial charge in [0.15, 0.2) is 0 Å². The lowest BCUT2D eigenvalue weighted by atomic mass is 9.92. The average molecular weight is 278 g/mol. The summed E-state index contributed by atoms with van der Waals surface area (Å²) in [4.78, 5) is 11.5. The van der Waals surface area contributed by atoms with E-state index in [0.29, 0.717) is 6.42 Å². The van der Waals surface area contributed by atoms with Crippen LogP contribution in [0.5, 0.6) is 0 Å². The molecule has 0 aliphatic rings. The van der Waals surface area contributed by atoms with Gasteiger partial charge in [-0.05, 0) is 29.7 Å². The minimum absolute atomic E-state index is 0.0187. The molecule has 0 saturated heterocycles. The molecule has 2 aromatic carbocycles. The summed E-state index contributed by atoms with van der Waals surface area (Å²) in [5, 5.41) is 12.2. The molecule has 0 unspecified atom stereocenters. The molecule has 3 heteroatoms. The minimum atomic E-state index is -0.286. The molecule has 0 aliphatic carbocycles. The van der Waals surface area contributed by atoms with Crippen molar-refractivity contribution in [2.45, 2.75) is 25.7 Å². The van der Waals surface area contributed by atoms with Crippen LogP contribution >= 0.6 is 0 Å². The normalized spacial score (nSPS) is 11.4. The van der Waals surface area contributed by atoms with E-state index in [4.69, 9.17) is 0 Å². The van der Waals surface area contributed by atoms with Crippen molar-refractivity contribution in [3.63, 3.8) is 0 Å². The summed E-state index contributed by atoms with van der Waals surface area (Å²) in [6, 6.07) is 19.5. The van der Waals surface area contributed by atoms with Crippen LogP contribution in [0.4, 0.5) is 5.69 Å². The third kappa shape index (κ3) is 3.93. The average Bonchev–Trinajstić information content (AvgIpc) is 2.51. The Morgan fingerprint density at radius 2 is 1.71 bits per heavy atom. The van der Waals surface area contributed by atoms with E-state index >= 15 is 0 Å². The van der Waals surface area contributed by atoms with Crippen molar-refractivity contribution >= 4 is 11.6 Å². The van der Waals surface area contributed by atoms with Crippen molar-refractivity contribution in [1.82, 2.24) is 0 Å². The number of nitrogens with one attached hydrogen (secondary N) is 1. The Hall–Kier alpha value is -2.60. The lowest BCUT2D eigenvalue weighted by Crippen LogP contribution is -2.10. The third-order valence-corrected chi connectivity index (χ3v) is 3.27. The molecule has 0 heterocycles. The molecule has 0 bridgehead atoms. The highest BCUT2D eigenvalue weighted by molar-refractivity contribution is 5.90. The number of nitrogens with zero attached hydrogens (tertiary/aromatic N) is 1. The van der Waals surface area contributed by atoms with Crippen LogP contribution in [0.15, 0.2) is 54.6 Å². The Bertz CT molecular complexity index is 627. The predicted molar refractivity (Wildman–Crippen MR) is 83.9 cm³/mol. The molecule has 1 atom stereocenters. The second-order valence-electron chi connectivity index (χ2n) is 4.89. The number of carbonyl (C=O) groups excluding carboxylic acids is 1. The number of carbonyl (C=O) groups is 1. The van der Waals surface area contributed by atoms with Crippen LogP contribution in [0.1, 0.15) is 36.8 Å². The maximum absolute atomic E-state index is 11.5. The fraction of sp³-hybridized carbons (Fsp3) is 0.222. The summed E-state index contributed by atoms with van der Waals surface area (Å²) in [6.07, 6.45) is 1.35. The van der Waals surface area contributed by atoms with Crippen LogP contribution in [0.25, 0.3) is 0 Å². The van der Waals surface area contributed by atoms with Crippen LogP contribution in [0.3, 0.4) is 0 Å². The van der Waals surface area contributed by atoms with Crippen LogP contribution in [0, 0.1) is 11.3 Å². The third-order valence-electron chi connectivity index (χ3n) is 3.27. The summed E-state index contributed by atoms with van der Waals surface area (Å²) >= 11 is 0. The van der Waals surface area contributed by atoms with Crippen LogP contribution in [0.2, 0.25) is 0 Å². The SMILES string of the molecule is CCCC(=O)Nc1ccc([C@@H](C#N)c2ccccc2)cc1. The summed E-state index contributed by atoms with van der Waals surface area (Å²) in [5.74, 6) is -0.267. The number of nitriles is 1. The van der Waals surface area contributed by atoms with Crippen LogP contribution in [-0.4, -0.2) is 5.91 Å². The van der Waals surface area contributed by atoms with E-state index in [1.807, 2.05) is 61.5 Å². The lowest BCUT2D eigenvalue weighted by molar-refractivity contribution is -0.116. The highest BCUT2D eigenvalue weighted by Crippen LogP contribution is 2.25. The summed E-state index contributed by atoms with van der Waals surface area (Å²) in [5.41, 5.74) is 2.67. The quantitative estimate of drug-likeness (QED) is 0.896. The van der Waals surface area contributed by atoms with Gasteiger partial charge in [-0.1, -0.05) is 49.4 Å². The second kappa shape index (κ2) is 7.25. The fourth-order valence-corrected chi connectivity index (χ4v) is 2.20. The Morgan fingerprint density at radius 3 is 2.29 bits per heavy atom. The Labute approximate surface area is 125 Å². The molecular weight excluding hydrogens is 260 g/mol. The highest BCUT2D eigenvalue weighted by Gasteiger charge is 2.12. The van der Waals surface area contributed by atoms with Gasteiger partial charge < -0.3 is 5.32 Å². The molecule has 0 aliphatic heterocycles. The van der Waals surface area contributed by atoms with Gasteiger partial charge in [-0.2, -0.15) is 5.26 Å². The van der Waals surface area contributed by atoms with E-state index in [2.05, 4.69) is 11.4 Å². The molecule has 1 amide bonds. The summed E-state index contributed by atoms with van der Waals surface area (Å²) in [7, 11) is 0. The van der Waals surface area contributed by atoms with Crippen molar-refractivity contribution in [2.24, 2.45) is 0 Å². The Morgan fingerprint density at radius 1 is 1.10 bits per heavy atom. The molecule has 1 N–H and O–H groups in total. The van der Waals surface area contributed by atoms with Gasteiger partial charge >= 0.3 is 0 Å². The Balaban J connectivity index is 2.14. The molecule has 0 spiro atoms. The van der Waals surface area contributed by atoms with Gasteiger partial charge in [0.05, 0.1) is 12.0 Å². The van der Waals surface area contributed by atoms with Gasteiger partial charge in [0.1, 0.15) is 0 Å². The highest BCUT2D eigenvalue weighted by atomic mass is 16.1. The van der Waals surface area contributed by atoms with Gasteiger partial charge in [0, 0.05) is 12.1 Å². The minimum Gasteiger partial charge on any atom is -0.326 e. The first-order valence-corrected chi connectivity index (χ1v) is 7.09. The van der Waals surface area contributed by atoms with Crippen molar-refractivity contribution in [1.29, 1.82) is 5.26 Å².